The molecule has 148 valence electrons. The van der Waals surface area contributed by atoms with E-state index in [0.717, 1.165) is 21.2 Å². The molecule has 0 saturated heterocycles. The second kappa shape index (κ2) is 10.3. The summed E-state index contributed by atoms with van der Waals surface area (Å²) in [5.74, 6) is 1.22. The lowest BCUT2D eigenvalue weighted by atomic mass is 10.0. The molecule has 0 aliphatic rings. The van der Waals surface area contributed by atoms with E-state index < -0.39 is 0 Å². The van der Waals surface area contributed by atoms with E-state index in [1.54, 1.807) is 30.3 Å². The molecule has 30 heavy (non-hydrogen) atoms. The number of ether oxygens (including phenoxy) is 2. The van der Waals surface area contributed by atoms with Gasteiger partial charge in [0.1, 0.15) is 6.61 Å². The molecule has 0 radical (unpaired) electrons. The van der Waals surface area contributed by atoms with Crippen molar-refractivity contribution < 1.29 is 9.47 Å². The summed E-state index contributed by atoms with van der Waals surface area (Å²) in [6, 6.07) is 24.9. The van der Waals surface area contributed by atoms with Crippen LogP contribution >= 0.6 is 15.9 Å². The molecule has 0 aliphatic carbocycles. The molecule has 0 aliphatic heterocycles. The Morgan fingerprint density at radius 3 is 2.37 bits per heavy atom. The molecule has 3 aromatic rings. The molecule has 4 nitrogen and oxygen atoms in total. The molecule has 0 bridgehead atoms. The Balaban J connectivity index is 1.92. The first-order chi connectivity index (χ1) is 14.6. The first kappa shape index (κ1) is 21.2. The molecule has 0 aromatic heterocycles. The summed E-state index contributed by atoms with van der Waals surface area (Å²) in [7, 11) is 0. The Morgan fingerprint density at radius 1 is 1.00 bits per heavy atom. The van der Waals surface area contributed by atoms with Gasteiger partial charge in [-0.15, -0.1) is 0 Å². The molecule has 0 amide bonds. The van der Waals surface area contributed by atoms with Gasteiger partial charge in [0.15, 0.2) is 11.5 Å². The molecular formula is C25H19BrN2O2. The SMILES string of the molecule is CCOc1cc(C=C(C#N)c2ccc(C#N)cc2)cc(Br)c1OCc1ccccc1. The van der Waals surface area contributed by atoms with Gasteiger partial charge in [-0.05, 0) is 69.9 Å². The highest BCUT2D eigenvalue weighted by Gasteiger charge is 2.13. The molecule has 0 saturated carbocycles. The average molecular weight is 459 g/mol. The Morgan fingerprint density at radius 2 is 1.73 bits per heavy atom. The lowest BCUT2D eigenvalue weighted by Crippen LogP contribution is -2.01. The van der Waals surface area contributed by atoms with E-state index in [-0.39, 0.29) is 0 Å². The molecule has 3 rings (SSSR count). The molecular weight excluding hydrogens is 440 g/mol. The predicted molar refractivity (Wildman–Crippen MR) is 121 cm³/mol. The van der Waals surface area contributed by atoms with Crippen LogP contribution < -0.4 is 9.47 Å². The van der Waals surface area contributed by atoms with Crippen LogP contribution in [0, 0.1) is 22.7 Å². The fourth-order valence-electron chi connectivity index (χ4n) is 2.88. The van der Waals surface area contributed by atoms with Crippen LogP contribution in [0.3, 0.4) is 0 Å². The fraction of sp³-hybridized carbons (Fsp3) is 0.120. The highest BCUT2D eigenvalue weighted by Crippen LogP contribution is 2.38. The normalized spacial score (nSPS) is 10.7. The summed E-state index contributed by atoms with van der Waals surface area (Å²) in [6.07, 6.45) is 1.79. The maximum Gasteiger partial charge on any atom is 0.175 e. The number of nitriles is 2. The van der Waals surface area contributed by atoms with Crippen LogP contribution in [0.15, 0.2) is 71.2 Å². The number of halogens is 1. The largest absolute Gasteiger partial charge is 0.490 e. The van der Waals surface area contributed by atoms with Crippen molar-refractivity contribution in [3.63, 3.8) is 0 Å². The van der Waals surface area contributed by atoms with E-state index in [1.807, 2.05) is 49.4 Å². The monoisotopic (exact) mass is 458 g/mol. The molecule has 0 fully saturated rings. The van der Waals surface area contributed by atoms with Crippen LogP contribution in [0.25, 0.3) is 11.6 Å². The van der Waals surface area contributed by atoms with E-state index in [4.69, 9.17) is 14.7 Å². The Hall–Kier alpha value is -3.54. The highest BCUT2D eigenvalue weighted by molar-refractivity contribution is 9.10. The van der Waals surface area contributed by atoms with Crippen LogP contribution in [-0.2, 0) is 6.61 Å². The molecule has 0 unspecified atom stereocenters. The smallest absolute Gasteiger partial charge is 0.175 e. The van der Waals surface area contributed by atoms with Crippen molar-refractivity contribution in [1.29, 1.82) is 10.5 Å². The summed E-state index contributed by atoms with van der Waals surface area (Å²) >= 11 is 3.58. The van der Waals surface area contributed by atoms with Crippen molar-refractivity contribution in [2.75, 3.05) is 6.61 Å². The zero-order valence-electron chi connectivity index (χ0n) is 16.4. The van der Waals surface area contributed by atoms with E-state index in [1.165, 1.54) is 0 Å². The second-order valence-electron chi connectivity index (χ2n) is 6.40. The van der Waals surface area contributed by atoms with Crippen molar-refractivity contribution in [1.82, 2.24) is 0 Å². The third kappa shape index (κ3) is 5.29. The lowest BCUT2D eigenvalue weighted by Gasteiger charge is -2.15. The first-order valence-electron chi connectivity index (χ1n) is 9.40. The van der Waals surface area contributed by atoms with Crippen molar-refractivity contribution in [2.45, 2.75) is 13.5 Å². The van der Waals surface area contributed by atoms with Crippen LogP contribution in [0.4, 0.5) is 0 Å². The average Bonchev–Trinajstić information content (AvgIpc) is 2.78. The van der Waals surface area contributed by atoms with Gasteiger partial charge in [0.2, 0.25) is 0 Å². The van der Waals surface area contributed by atoms with Gasteiger partial charge in [-0.1, -0.05) is 42.5 Å². The zero-order valence-corrected chi connectivity index (χ0v) is 18.0. The van der Waals surface area contributed by atoms with E-state index >= 15 is 0 Å². The van der Waals surface area contributed by atoms with Gasteiger partial charge in [0, 0.05) is 0 Å². The molecule has 0 heterocycles. The van der Waals surface area contributed by atoms with Gasteiger partial charge in [0.25, 0.3) is 0 Å². The minimum Gasteiger partial charge on any atom is -0.490 e. The van der Waals surface area contributed by atoms with E-state index in [0.29, 0.717) is 35.8 Å². The number of hydrogen-bond acceptors (Lipinski definition) is 4. The number of hydrogen-bond donors (Lipinski definition) is 0. The Labute approximate surface area is 184 Å². The minimum atomic E-state index is 0.420. The topological polar surface area (TPSA) is 66.0 Å². The summed E-state index contributed by atoms with van der Waals surface area (Å²) in [4.78, 5) is 0. The van der Waals surface area contributed by atoms with Crippen LogP contribution in [0.2, 0.25) is 0 Å². The number of nitrogens with zero attached hydrogens (tertiary/aromatic N) is 2. The van der Waals surface area contributed by atoms with Crippen LogP contribution in [-0.4, -0.2) is 6.61 Å². The third-order valence-corrected chi connectivity index (χ3v) is 4.90. The van der Waals surface area contributed by atoms with Crippen LogP contribution in [0.1, 0.15) is 29.2 Å². The standard InChI is InChI=1S/C25H19BrN2O2/c1-2-29-24-14-20(12-22(16-28)21-10-8-18(15-27)9-11-21)13-23(26)25(24)30-17-19-6-4-3-5-7-19/h3-14H,2,17H2,1H3. The van der Waals surface area contributed by atoms with Gasteiger partial charge in [0.05, 0.1) is 34.4 Å². The van der Waals surface area contributed by atoms with Crippen molar-refractivity contribution in [2.24, 2.45) is 0 Å². The van der Waals surface area contributed by atoms with Gasteiger partial charge in [-0.3, -0.25) is 0 Å². The third-order valence-electron chi connectivity index (χ3n) is 4.31. The molecule has 5 heteroatoms. The quantitative estimate of drug-likeness (QED) is 0.305. The van der Waals surface area contributed by atoms with E-state index in [2.05, 4.69) is 28.1 Å². The fourth-order valence-corrected chi connectivity index (χ4v) is 3.45. The van der Waals surface area contributed by atoms with Gasteiger partial charge < -0.3 is 9.47 Å². The van der Waals surface area contributed by atoms with Gasteiger partial charge in [-0.25, -0.2) is 0 Å². The number of rotatable bonds is 7. The number of benzene rings is 3. The first-order valence-corrected chi connectivity index (χ1v) is 10.2. The summed E-state index contributed by atoms with van der Waals surface area (Å²) in [5, 5.41) is 18.6. The summed E-state index contributed by atoms with van der Waals surface area (Å²) in [5.41, 5.74) is 3.65. The molecule has 0 spiro atoms. The summed E-state index contributed by atoms with van der Waals surface area (Å²) < 4.78 is 12.6. The maximum atomic E-state index is 9.62. The van der Waals surface area contributed by atoms with Gasteiger partial charge >= 0.3 is 0 Å². The second-order valence-corrected chi connectivity index (χ2v) is 7.25. The zero-order chi connectivity index (χ0) is 21.3. The Bertz CT molecular complexity index is 1120. The Kier molecular flexibility index (Phi) is 7.27. The maximum absolute atomic E-state index is 9.62. The molecule has 3 aromatic carbocycles. The molecule has 0 atom stereocenters. The predicted octanol–water partition coefficient (Wildman–Crippen LogP) is 6.36. The minimum absolute atomic E-state index is 0.420. The highest BCUT2D eigenvalue weighted by atomic mass is 79.9. The lowest BCUT2D eigenvalue weighted by molar-refractivity contribution is 0.267. The summed E-state index contributed by atoms with van der Waals surface area (Å²) in [6.45, 7) is 2.82. The molecule has 0 N–H and O–H groups in total. The van der Waals surface area contributed by atoms with E-state index in [9.17, 15) is 5.26 Å². The van der Waals surface area contributed by atoms with Gasteiger partial charge in [-0.2, -0.15) is 10.5 Å². The van der Waals surface area contributed by atoms with Crippen LogP contribution in [0.5, 0.6) is 11.5 Å². The van der Waals surface area contributed by atoms with Crippen molar-refractivity contribution >= 4 is 27.6 Å². The van der Waals surface area contributed by atoms with Crippen molar-refractivity contribution in [3.8, 4) is 23.6 Å². The van der Waals surface area contributed by atoms with Crippen molar-refractivity contribution in [3.05, 3.63) is 93.5 Å². The number of allylic oxidation sites excluding steroid dienone is 1.